The molecule has 0 bridgehead atoms. The number of anilines is 3. The number of aryl methyl sites for hydroxylation is 2. The van der Waals surface area contributed by atoms with Crippen LogP contribution in [0.4, 0.5) is 22.7 Å². The summed E-state index contributed by atoms with van der Waals surface area (Å²) >= 11 is -0.750. The van der Waals surface area contributed by atoms with Gasteiger partial charge in [-0.25, -0.2) is 19.6 Å². The predicted molar refractivity (Wildman–Crippen MR) is 184 cm³/mol. The first-order chi connectivity index (χ1) is 22.5. The van der Waals surface area contributed by atoms with E-state index >= 15 is 0 Å². The minimum absolute atomic E-state index is 0.176. The summed E-state index contributed by atoms with van der Waals surface area (Å²) in [6, 6.07) is 12.7. The number of esters is 1. The Morgan fingerprint density at radius 2 is 1.74 bits per heavy atom. The van der Waals surface area contributed by atoms with Gasteiger partial charge in [0.15, 0.2) is 11.5 Å². The molecule has 2 aromatic heterocycles. The van der Waals surface area contributed by atoms with Gasteiger partial charge >= 0.3 is 17.5 Å². The van der Waals surface area contributed by atoms with E-state index in [4.69, 9.17) is 24.7 Å². The number of aromatic nitrogens is 3. The van der Waals surface area contributed by atoms with Crippen LogP contribution < -0.4 is 10.3 Å². The van der Waals surface area contributed by atoms with Crippen molar-refractivity contribution < 1.29 is 17.9 Å². The Hall–Kier alpha value is -4.47. The lowest BCUT2D eigenvalue weighted by atomic mass is 9.75. The Balaban J connectivity index is 0.00000139. The number of carbonyl (C=O) groups excluding carboxylic acids is 1. The average Bonchev–Trinajstić information content (AvgIpc) is 3.78. The molecule has 2 aliphatic rings. The zero-order valence-electron chi connectivity index (χ0n) is 27.9. The molecular formula is C35H43N7O4S. The third-order valence-electron chi connectivity index (χ3n) is 9.43. The number of carbonyl (C=O) groups is 1. The molecule has 0 spiro atoms. The number of nitrogens with one attached hydrogen (secondary N) is 2. The fraction of sp³-hybridized carbons (Fsp3) is 0.457. The van der Waals surface area contributed by atoms with Crippen LogP contribution in [0.1, 0.15) is 67.9 Å². The van der Waals surface area contributed by atoms with Crippen molar-refractivity contribution in [3.05, 3.63) is 70.7 Å². The predicted octanol–water partition coefficient (Wildman–Crippen LogP) is 7.24. The van der Waals surface area contributed by atoms with Crippen molar-refractivity contribution in [2.75, 3.05) is 30.5 Å². The van der Waals surface area contributed by atoms with Crippen LogP contribution in [-0.4, -0.2) is 60.2 Å². The first-order valence-electron chi connectivity index (χ1n) is 16.1. The number of hydrogen-bond acceptors (Lipinski definition) is 8. The van der Waals surface area contributed by atoms with Gasteiger partial charge in [-0.3, -0.25) is 9.61 Å². The normalized spacial score (nSPS) is 21.0. The highest BCUT2D eigenvalue weighted by atomic mass is 32.1. The Kier molecular flexibility index (Phi) is 10.5. The molecule has 47 heavy (non-hydrogen) atoms. The smallest absolute Gasteiger partial charge is 0.335 e. The average molecular weight is 658 g/mol. The molecule has 1 saturated carbocycles. The van der Waals surface area contributed by atoms with E-state index in [1.807, 2.05) is 0 Å². The van der Waals surface area contributed by atoms with Crippen molar-refractivity contribution in [3.63, 3.8) is 0 Å². The van der Waals surface area contributed by atoms with Gasteiger partial charge in [-0.05, 0) is 92.7 Å². The first kappa shape index (κ1) is 33.9. The molecule has 2 aromatic carbocycles. The van der Waals surface area contributed by atoms with Crippen LogP contribution in [0, 0.1) is 38.2 Å². The number of nitrogens with zero attached hydrogens (tertiary/aromatic N) is 5. The molecule has 4 aromatic rings. The summed E-state index contributed by atoms with van der Waals surface area (Å²) < 4.78 is 24.3. The lowest BCUT2D eigenvalue weighted by Gasteiger charge is -2.37. The third-order valence-corrected chi connectivity index (χ3v) is 9.43. The molecular weight excluding hydrogens is 614 g/mol. The van der Waals surface area contributed by atoms with E-state index in [2.05, 4.69) is 103 Å². The molecule has 1 saturated heterocycles. The fourth-order valence-corrected chi connectivity index (χ4v) is 7.18. The summed E-state index contributed by atoms with van der Waals surface area (Å²) in [4.78, 5) is 22.1. The zero-order valence-corrected chi connectivity index (χ0v) is 28.7. The number of fused-ring (bicyclic) bond motifs is 1. The molecule has 12 heteroatoms. The maximum absolute atomic E-state index is 13.6. The second-order valence-electron chi connectivity index (χ2n) is 13.1. The number of benzene rings is 2. The quantitative estimate of drug-likeness (QED) is 0.158. The number of hydrazine groups is 1. The summed E-state index contributed by atoms with van der Waals surface area (Å²) in [6.07, 6.45) is 5.89. The minimum Gasteiger partial charge on any atom is -0.459 e. The molecule has 248 valence electrons. The summed E-state index contributed by atoms with van der Waals surface area (Å²) in [7, 11) is 2.12. The molecule has 1 aliphatic carbocycles. The Morgan fingerprint density at radius 3 is 2.40 bits per heavy atom. The van der Waals surface area contributed by atoms with Gasteiger partial charge in [-0.2, -0.15) is 8.42 Å². The molecule has 11 nitrogen and oxygen atoms in total. The van der Waals surface area contributed by atoms with Crippen molar-refractivity contribution >= 4 is 45.9 Å². The number of rotatable bonds is 7. The maximum atomic E-state index is 13.6. The topological polar surface area (TPSA) is 116 Å². The van der Waals surface area contributed by atoms with Crippen molar-refractivity contribution in [3.8, 4) is 11.4 Å². The van der Waals surface area contributed by atoms with Crippen LogP contribution in [0.5, 0.6) is 0 Å². The van der Waals surface area contributed by atoms with Crippen molar-refractivity contribution in [1.29, 1.82) is 0 Å². The van der Waals surface area contributed by atoms with Crippen LogP contribution in [0.2, 0.25) is 0 Å². The Bertz CT molecular complexity index is 1820. The Labute approximate surface area is 279 Å². The highest BCUT2D eigenvalue weighted by molar-refractivity contribution is 7.51. The molecule has 0 radical (unpaired) electrons. The van der Waals surface area contributed by atoms with Gasteiger partial charge in [0.2, 0.25) is 5.69 Å². The monoisotopic (exact) mass is 657 g/mol. The van der Waals surface area contributed by atoms with Gasteiger partial charge in [-0.15, -0.1) is 0 Å². The molecule has 3 heterocycles. The van der Waals surface area contributed by atoms with Crippen LogP contribution in [-0.2, 0) is 16.3 Å². The van der Waals surface area contributed by atoms with Gasteiger partial charge in [-0.1, -0.05) is 32.9 Å². The number of hydrogen-bond donors (Lipinski definition) is 2. The van der Waals surface area contributed by atoms with Crippen molar-refractivity contribution in [2.24, 2.45) is 17.8 Å². The largest absolute Gasteiger partial charge is 0.459 e. The van der Waals surface area contributed by atoms with E-state index in [1.54, 1.807) is 10.7 Å². The van der Waals surface area contributed by atoms with E-state index in [1.165, 1.54) is 18.4 Å². The van der Waals surface area contributed by atoms with E-state index < -0.39 is 17.5 Å². The summed E-state index contributed by atoms with van der Waals surface area (Å²) in [5.74, 6) is 1.27. The zero-order chi connectivity index (χ0) is 33.8. The first-order valence-corrected chi connectivity index (χ1v) is 16.8. The molecule has 1 aliphatic heterocycles. The molecule has 2 unspecified atom stereocenters. The second-order valence-corrected chi connectivity index (χ2v) is 13.2. The molecule has 0 amide bonds. The number of aromatic amines is 1. The fourth-order valence-electron chi connectivity index (χ4n) is 7.18. The van der Waals surface area contributed by atoms with Gasteiger partial charge in [0, 0.05) is 37.6 Å². The van der Waals surface area contributed by atoms with E-state index in [-0.39, 0.29) is 29.2 Å². The third kappa shape index (κ3) is 7.26. The lowest BCUT2D eigenvalue weighted by molar-refractivity contribution is -0.0249. The van der Waals surface area contributed by atoms with Crippen LogP contribution in [0.25, 0.3) is 21.9 Å². The van der Waals surface area contributed by atoms with Crippen LogP contribution >= 0.6 is 0 Å². The highest BCUT2D eigenvalue weighted by Gasteiger charge is 2.35. The number of H-pyrrole nitrogens is 1. The highest BCUT2D eigenvalue weighted by Crippen LogP contribution is 2.38. The standard InChI is InChI=1S/C35H43N7O2.O2S/c1-21-10-11-23(3)27(18-21)37-28-19-26(12-13-30(28)40(7)41-14-8-9-15-41)33-38-34-31(29(36-6)20-42(34)39-33)35(43)44-32-24(4)16-22(2)17-25(32)5;1-3-2/h10-13,18-20,22,24-25,32,37H,8-9,14-17H2,1-5,7H3,(H,38,39);. The molecule has 2 N–H and O–H groups in total. The Morgan fingerprint density at radius 1 is 1.06 bits per heavy atom. The van der Waals surface area contributed by atoms with Crippen molar-refractivity contribution in [2.45, 2.75) is 66.4 Å². The van der Waals surface area contributed by atoms with Gasteiger partial charge in [0.25, 0.3) is 0 Å². The van der Waals surface area contributed by atoms with Gasteiger partial charge in [0.1, 0.15) is 11.7 Å². The van der Waals surface area contributed by atoms with Gasteiger partial charge in [0.05, 0.1) is 17.9 Å². The van der Waals surface area contributed by atoms with Gasteiger partial charge < -0.3 is 15.1 Å². The second kappa shape index (κ2) is 14.5. The maximum Gasteiger partial charge on any atom is 0.335 e. The van der Waals surface area contributed by atoms with Crippen LogP contribution in [0.15, 0.2) is 42.6 Å². The van der Waals surface area contributed by atoms with Crippen LogP contribution in [0.3, 0.4) is 0 Å². The molecule has 2 atom stereocenters. The molecule has 2 fully saturated rings. The number of ether oxygens (including phenoxy) is 1. The SMILES string of the molecule is O=S=O.[C-]#[N+]c1cn2[nH]c(-c3ccc(N(C)N4CCCC4)c(Nc4cc(C)ccc4C)c3)nc2c1C(=O)OC1C(C)CC(C)CC1C. The van der Waals surface area contributed by atoms with E-state index in [0.29, 0.717) is 17.4 Å². The lowest BCUT2D eigenvalue weighted by Crippen LogP contribution is -2.37. The van der Waals surface area contributed by atoms with Crippen molar-refractivity contribution in [1.82, 2.24) is 19.6 Å². The summed E-state index contributed by atoms with van der Waals surface area (Å²) in [6.45, 7) is 20.6. The minimum atomic E-state index is -0.750. The summed E-state index contributed by atoms with van der Waals surface area (Å²) in [5, 5.41) is 11.6. The van der Waals surface area contributed by atoms with E-state index in [9.17, 15) is 4.79 Å². The molecule has 6 rings (SSSR count). The van der Waals surface area contributed by atoms with E-state index in [0.717, 1.165) is 54.1 Å². The summed E-state index contributed by atoms with van der Waals surface area (Å²) in [5.41, 5.74) is 7.17.